The largest absolute Gasteiger partial charge is 0.378 e. The summed E-state index contributed by atoms with van der Waals surface area (Å²) in [6.45, 7) is 18.1. The predicted molar refractivity (Wildman–Crippen MR) is 168 cm³/mol. The minimum atomic E-state index is -0.297. The second-order valence-electron chi connectivity index (χ2n) is 13.5. The molecule has 1 N–H and O–H groups in total. The molecule has 0 bridgehead atoms. The van der Waals surface area contributed by atoms with Gasteiger partial charge in [0, 0.05) is 62.9 Å². The number of ether oxygens (including phenoxy) is 2. The number of fused-ring (bicyclic) bond motifs is 1. The molecule has 1 aromatic carbocycles. The lowest BCUT2D eigenvalue weighted by molar-refractivity contribution is -0.121. The molecule has 3 aliphatic heterocycles. The first-order valence-corrected chi connectivity index (χ1v) is 15.9. The fraction of sp³-hybridized carbons (Fsp3) is 0.647. The smallest absolute Gasteiger partial charge is 0.241 e. The number of aromatic nitrogens is 1. The van der Waals surface area contributed by atoms with Crippen LogP contribution in [0.2, 0.25) is 0 Å². The van der Waals surface area contributed by atoms with Crippen molar-refractivity contribution in [3.05, 3.63) is 58.7 Å². The maximum atomic E-state index is 14.2. The van der Waals surface area contributed by atoms with Gasteiger partial charge in [-0.2, -0.15) is 0 Å². The van der Waals surface area contributed by atoms with Crippen molar-refractivity contribution < 1.29 is 18.7 Å². The van der Waals surface area contributed by atoms with Crippen LogP contribution in [0.4, 0.5) is 10.1 Å². The number of rotatable bonds is 9. The second kappa shape index (κ2) is 13.3. The molecule has 9 heteroatoms. The molecular formula is C34H50FN5O3. The normalized spacial score (nSPS) is 26.8. The molecule has 0 radical (unpaired) electrons. The number of piperazine rings is 1. The molecule has 1 aromatic heterocycles. The number of halogens is 1. The fourth-order valence-electron chi connectivity index (χ4n) is 7.06. The SMILES string of the molecule is CCC(OC)c1nc2c(cc1Cc1ccc(F)cc1)N(C(=O)CN1C[C@@H](C)NC[C@@H]1CN1[C@H](C)COC[C@H]1C)CC2(C)C. The molecular weight excluding hydrogens is 545 g/mol. The van der Waals surface area contributed by atoms with Crippen molar-refractivity contribution in [2.24, 2.45) is 0 Å². The number of nitrogens with one attached hydrogen (secondary N) is 1. The number of hydrogen-bond acceptors (Lipinski definition) is 7. The van der Waals surface area contributed by atoms with Gasteiger partial charge in [0.2, 0.25) is 5.91 Å². The minimum Gasteiger partial charge on any atom is -0.378 e. The van der Waals surface area contributed by atoms with E-state index in [0.29, 0.717) is 37.6 Å². The number of amides is 1. The van der Waals surface area contributed by atoms with Crippen molar-refractivity contribution in [3.8, 4) is 0 Å². The number of hydrogen-bond donors (Lipinski definition) is 1. The number of anilines is 1. The first-order chi connectivity index (χ1) is 20.5. The van der Waals surface area contributed by atoms with Crippen LogP contribution in [0.25, 0.3) is 0 Å². The third kappa shape index (κ3) is 6.96. The Morgan fingerprint density at radius 1 is 1.19 bits per heavy atom. The zero-order valence-corrected chi connectivity index (χ0v) is 27.0. The van der Waals surface area contributed by atoms with Crippen LogP contribution in [0.5, 0.6) is 0 Å². The molecule has 43 heavy (non-hydrogen) atoms. The molecule has 5 atom stereocenters. The molecule has 3 aliphatic rings. The Morgan fingerprint density at radius 2 is 1.88 bits per heavy atom. The van der Waals surface area contributed by atoms with Gasteiger partial charge < -0.3 is 19.7 Å². The van der Waals surface area contributed by atoms with E-state index in [-0.39, 0.29) is 29.3 Å². The molecule has 0 saturated carbocycles. The van der Waals surface area contributed by atoms with Crippen molar-refractivity contribution in [2.75, 3.05) is 57.9 Å². The van der Waals surface area contributed by atoms with E-state index < -0.39 is 0 Å². The number of carbonyl (C=O) groups excluding carboxylic acids is 1. The lowest BCUT2D eigenvalue weighted by Crippen LogP contribution is -2.63. The van der Waals surface area contributed by atoms with Gasteiger partial charge in [0.15, 0.2) is 0 Å². The Balaban J connectivity index is 1.43. The van der Waals surface area contributed by atoms with Gasteiger partial charge in [0.1, 0.15) is 5.82 Å². The zero-order chi connectivity index (χ0) is 30.9. The van der Waals surface area contributed by atoms with Gasteiger partial charge in [-0.05, 0) is 62.9 Å². The summed E-state index contributed by atoms with van der Waals surface area (Å²) in [4.78, 5) is 26.3. The monoisotopic (exact) mass is 595 g/mol. The van der Waals surface area contributed by atoms with Gasteiger partial charge in [-0.15, -0.1) is 0 Å². The van der Waals surface area contributed by atoms with E-state index >= 15 is 0 Å². The summed E-state index contributed by atoms with van der Waals surface area (Å²) < 4.78 is 25.3. The van der Waals surface area contributed by atoms with E-state index in [1.54, 1.807) is 7.11 Å². The Hall–Kier alpha value is -2.43. The first kappa shape index (κ1) is 32.0. The number of pyridine rings is 1. The van der Waals surface area contributed by atoms with Crippen molar-refractivity contribution >= 4 is 11.6 Å². The summed E-state index contributed by atoms with van der Waals surface area (Å²) >= 11 is 0. The highest BCUT2D eigenvalue weighted by atomic mass is 19.1. The second-order valence-corrected chi connectivity index (χ2v) is 13.5. The van der Waals surface area contributed by atoms with Crippen molar-refractivity contribution in [1.82, 2.24) is 20.1 Å². The number of benzene rings is 1. The van der Waals surface area contributed by atoms with Crippen molar-refractivity contribution in [3.63, 3.8) is 0 Å². The summed E-state index contributed by atoms with van der Waals surface area (Å²) in [5.74, 6) is -0.147. The maximum Gasteiger partial charge on any atom is 0.241 e. The van der Waals surface area contributed by atoms with E-state index in [4.69, 9.17) is 14.5 Å². The van der Waals surface area contributed by atoms with Crippen LogP contribution in [0.3, 0.4) is 0 Å². The van der Waals surface area contributed by atoms with Crippen LogP contribution in [-0.2, 0) is 26.1 Å². The first-order valence-electron chi connectivity index (χ1n) is 15.9. The Bertz CT molecular complexity index is 1260. The lowest BCUT2D eigenvalue weighted by Gasteiger charge is -2.46. The van der Waals surface area contributed by atoms with Gasteiger partial charge in [-0.1, -0.05) is 32.9 Å². The summed E-state index contributed by atoms with van der Waals surface area (Å²) in [6, 6.07) is 10.0. The lowest BCUT2D eigenvalue weighted by atomic mass is 9.89. The highest BCUT2D eigenvalue weighted by Gasteiger charge is 2.42. The average molecular weight is 596 g/mol. The van der Waals surface area contributed by atoms with Crippen molar-refractivity contribution in [1.29, 1.82) is 0 Å². The van der Waals surface area contributed by atoms with E-state index in [1.165, 1.54) is 12.1 Å². The quantitative estimate of drug-likeness (QED) is 0.464. The fourth-order valence-corrected chi connectivity index (χ4v) is 7.06. The van der Waals surface area contributed by atoms with E-state index in [2.05, 4.69) is 62.7 Å². The number of nitrogens with zero attached hydrogens (tertiary/aromatic N) is 4. The van der Waals surface area contributed by atoms with E-state index in [9.17, 15) is 9.18 Å². The molecule has 2 fully saturated rings. The van der Waals surface area contributed by atoms with E-state index in [0.717, 1.165) is 67.5 Å². The van der Waals surface area contributed by atoms with E-state index in [1.807, 2.05) is 17.0 Å². The van der Waals surface area contributed by atoms with Crippen LogP contribution < -0.4 is 10.2 Å². The third-order valence-electron chi connectivity index (χ3n) is 9.51. The Labute approximate surface area is 256 Å². The number of morpholine rings is 1. The predicted octanol–water partition coefficient (Wildman–Crippen LogP) is 4.30. The molecule has 0 spiro atoms. The summed E-state index contributed by atoms with van der Waals surface area (Å²) in [5, 5.41) is 3.64. The topological polar surface area (TPSA) is 70.2 Å². The van der Waals surface area contributed by atoms with Crippen LogP contribution in [0.15, 0.2) is 30.3 Å². The van der Waals surface area contributed by atoms with Crippen LogP contribution in [-0.4, -0.2) is 97.9 Å². The molecule has 236 valence electrons. The van der Waals surface area contributed by atoms with Gasteiger partial charge >= 0.3 is 0 Å². The third-order valence-corrected chi connectivity index (χ3v) is 9.51. The minimum absolute atomic E-state index is 0.107. The zero-order valence-electron chi connectivity index (χ0n) is 27.0. The average Bonchev–Trinajstić information content (AvgIpc) is 3.23. The number of carbonyl (C=O) groups is 1. The van der Waals surface area contributed by atoms with Gasteiger partial charge in [0.05, 0.1) is 42.9 Å². The Kier molecular flexibility index (Phi) is 9.88. The highest BCUT2D eigenvalue weighted by molar-refractivity contribution is 5.97. The molecule has 2 saturated heterocycles. The molecule has 8 nitrogen and oxygen atoms in total. The molecule has 2 aromatic rings. The molecule has 5 rings (SSSR count). The van der Waals surface area contributed by atoms with Crippen molar-refractivity contribution in [2.45, 2.75) is 90.1 Å². The molecule has 4 heterocycles. The maximum absolute atomic E-state index is 14.2. The highest BCUT2D eigenvalue weighted by Crippen LogP contribution is 2.42. The van der Waals surface area contributed by atoms with Gasteiger partial charge in [-0.25, -0.2) is 4.39 Å². The summed E-state index contributed by atoms with van der Waals surface area (Å²) in [6.07, 6.45) is 1.21. The summed E-state index contributed by atoms with van der Waals surface area (Å²) in [5.41, 5.74) is 4.44. The summed E-state index contributed by atoms with van der Waals surface area (Å²) in [7, 11) is 1.72. The van der Waals surface area contributed by atoms with Crippen LogP contribution in [0.1, 0.15) is 76.6 Å². The molecule has 1 amide bonds. The number of methoxy groups -OCH3 is 1. The van der Waals surface area contributed by atoms with Crippen LogP contribution >= 0.6 is 0 Å². The molecule has 1 unspecified atom stereocenters. The standard InChI is InChI=1S/C34H50FN5O3/c1-8-30(42-7)32-26(13-25-9-11-27(35)12-10-25)14-29-33(37-32)34(5,6)21-40(29)31(41)18-38-16-22(2)36-15-28(38)17-39-23(3)19-43-20-24(39)4/h9-12,14,22-24,28,30,36H,8,13,15-21H2,1-7H3/t22-,23-,24-,28-,30?/m1/s1. The van der Waals surface area contributed by atoms with Gasteiger partial charge in [0.25, 0.3) is 0 Å². The van der Waals surface area contributed by atoms with Gasteiger partial charge in [-0.3, -0.25) is 19.6 Å². The Morgan fingerprint density at radius 3 is 2.53 bits per heavy atom. The van der Waals surface area contributed by atoms with Crippen LogP contribution in [0, 0.1) is 5.82 Å². The molecule has 0 aliphatic carbocycles.